The summed E-state index contributed by atoms with van der Waals surface area (Å²) in [5.74, 6) is -1.48. The van der Waals surface area contributed by atoms with E-state index in [-0.39, 0.29) is 31.1 Å². The van der Waals surface area contributed by atoms with Gasteiger partial charge in [0, 0.05) is 56.6 Å². The molecular weight excluding hydrogens is 590 g/mol. The second-order valence-electron chi connectivity index (χ2n) is 10.6. The average molecular weight is 628 g/mol. The minimum atomic E-state index is -1.08. The van der Waals surface area contributed by atoms with Gasteiger partial charge in [-0.2, -0.15) is 0 Å². The molecule has 0 unspecified atom stereocenters. The third-order valence-electron chi connectivity index (χ3n) is 7.04. The highest BCUT2D eigenvalue weighted by molar-refractivity contribution is 5.92. The average Bonchev–Trinajstić information content (AvgIpc) is 3.59. The molecule has 0 spiro atoms. The molecule has 240 valence electrons. The number of benzene rings is 2. The summed E-state index contributed by atoms with van der Waals surface area (Å²) in [5.41, 5.74) is 2.91. The molecule has 0 aliphatic carbocycles. The van der Waals surface area contributed by atoms with Crippen LogP contribution in [-0.2, 0) is 45.0 Å². The Morgan fingerprint density at radius 1 is 0.913 bits per heavy atom. The van der Waals surface area contributed by atoms with Crippen LogP contribution in [-0.4, -0.2) is 81.0 Å². The number of nitrogens with zero attached hydrogens (tertiary/aromatic N) is 3. The summed E-state index contributed by atoms with van der Waals surface area (Å²) in [5, 5.41) is 17.5. The van der Waals surface area contributed by atoms with Gasteiger partial charge in [-0.25, -0.2) is 9.78 Å². The first kappa shape index (κ1) is 33.2. The summed E-state index contributed by atoms with van der Waals surface area (Å²) in [4.78, 5) is 64.9. The SMILES string of the molecule is CN(CCc1ccccn1)C(=O)[C@H](Cc1ccc(O)cc1)NC(=O)CNC(=O)[C@H](Cc1cnc[nH]1)NC(=O)OCc1ccccc1. The Bertz CT molecular complexity index is 1550. The van der Waals surface area contributed by atoms with Crippen LogP contribution in [0.25, 0.3) is 0 Å². The molecule has 0 bridgehead atoms. The molecule has 0 fully saturated rings. The zero-order valence-corrected chi connectivity index (χ0v) is 25.4. The molecule has 0 aliphatic rings. The predicted molar refractivity (Wildman–Crippen MR) is 168 cm³/mol. The van der Waals surface area contributed by atoms with Crippen LogP contribution in [0, 0.1) is 0 Å². The Morgan fingerprint density at radius 3 is 2.37 bits per heavy atom. The van der Waals surface area contributed by atoms with Crippen molar-refractivity contribution in [3.8, 4) is 5.75 Å². The van der Waals surface area contributed by atoms with Gasteiger partial charge in [0.25, 0.3) is 0 Å². The lowest BCUT2D eigenvalue weighted by molar-refractivity contribution is -0.135. The second-order valence-corrected chi connectivity index (χ2v) is 10.6. The van der Waals surface area contributed by atoms with Crippen LogP contribution in [0.5, 0.6) is 5.75 Å². The number of nitrogens with one attached hydrogen (secondary N) is 4. The predicted octanol–water partition coefficient (Wildman–Crippen LogP) is 1.89. The number of aromatic nitrogens is 3. The third-order valence-corrected chi connectivity index (χ3v) is 7.04. The molecular formula is C33H37N7O6. The van der Waals surface area contributed by atoms with Crippen molar-refractivity contribution in [2.45, 2.75) is 38.0 Å². The van der Waals surface area contributed by atoms with E-state index in [1.165, 1.54) is 29.6 Å². The maximum Gasteiger partial charge on any atom is 0.408 e. The van der Waals surface area contributed by atoms with Gasteiger partial charge >= 0.3 is 6.09 Å². The van der Waals surface area contributed by atoms with E-state index in [4.69, 9.17) is 4.74 Å². The number of amides is 4. The summed E-state index contributed by atoms with van der Waals surface area (Å²) in [6.07, 6.45) is 4.60. The first-order chi connectivity index (χ1) is 22.3. The fraction of sp³-hybridized carbons (Fsp3) is 0.273. The lowest BCUT2D eigenvalue weighted by Gasteiger charge is -2.25. The number of phenolic OH excluding ortho intramolecular Hbond substituents is 1. The lowest BCUT2D eigenvalue weighted by Crippen LogP contribution is -2.53. The Morgan fingerprint density at radius 2 is 1.67 bits per heavy atom. The number of hydrogen-bond donors (Lipinski definition) is 5. The maximum atomic E-state index is 13.5. The topological polar surface area (TPSA) is 179 Å². The number of rotatable bonds is 15. The minimum Gasteiger partial charge on any atom is -0.508 e. The number of H-pyrrole nitrogens is 1. The van der Waals surface area contributed by atoms with Gasteiger partial charge in [0.05, 0.1) is 12.9 Å². The first-order valence-corrected chi connectivity index (χ1v) is 14.7. The number of carbonyl (C=O) groups is 4. The summed E-state index contributed by atoms with van der Waals surface area (Å²) in [6.45, 7) is -0.0633. The highest BCUT2D eigenvalue weighted by atomic mass is 16.5. The molecule has 2 aromatic carbocycles. The number of hydrogen-bond acceptors (Lipinski definition) is 8. The van der Waals surface area contributed by atoms with Gasteiger partial charge in [-0.3, -0.25) is 19.4 Å². The van der Waals surface area contributed by atoms with Crippen LogP contribution in [0.15, 0.2) is 91.5 Å². The van der Waals surface area contributed by atoms with E-state index in [1.807, 2.05) is 36.4 Å². The number of pyridine rings is 1. The highest BCUT2D eigenvalue weighted by Crippen LogP contribution is 2.13. The molecule has 0 saturated carbocycles. The number of alkyl carbamates (subject to hydrolysis) is 1. The van der Waals surface area contributed by atoms with Crippen molar-refractivity contribution in [1.82, 2.24) is 35.8 Å². The van der Waals surface area contributed by atoms with Crippen LogP contribution in [0.4, 0.5) is 4.79 Å². The number of likely N-dealkylation sites (N-methyl/N-ethyl adjacent to an activating group) is 1. The van der Waals surface area contributed by atoms with E-state index in [2.05, 4.69) is 30.9 Å². The smallest absolute Gasteiger partial charge is 0.408 e. The van der Waals surface area contributed by atoms with Gasteiger partial charge in [0.15, 0.2) is 0 Å². The molecule has 0 aliphatic heterocycles. The van der Waals surface area contributed by atoms with Gasteiger partial charge in [-0.1, -0.05) is 48.5 Å². The largest absolute Gasteiger partial charge is 0.508 e. The fourth-order valence-electron chi connectivity index (χ4n) is 4.54. The molecule has 0 saturated heterocycles. The Kier molecular flexibility index (Phi) is 12.2. The van der Waals surface area contributed by atoms with Crippen LogP contribution in [0.1, 0.15) is 22.5 Å². The van der Waals surface area contributed by atoms with Gasteiger partial charge in [-0.15, -0.1) is 0 Å². The zero-order valence-electron chi connectivity index (χ0n) is 25.4. The van der Waals surface area contributed by atoms with E-state index in [0.29, 0.717) is 18.7 Å². The van der Waals surface area contributed by atoms with Crippen LogP contribution < -0.4 is 16.0 Å². The van der Waals surface area contributed by atoms with Crippen molar-refractivity contribution in [3.05, 3.63) is 114 Å². The Hall–Kier alpha value is -5.72. The van der Waals surface area contributed by atoms with Crippen molar-refractivity contribution in [3.63, 3.8) is 0 Å². The molecule has 4 amide bonds. The maximum absolute atomic E-state index is 13.5. The molecule has 2 heterocycles. The quantitative estimate of drug-likeness (QED) is 0.133. The zero-order chi connectivity index (χ0) is 32.7. The van der Waals surface area contributed by atoms with E-state index in [9.17, 15) is 24.3 Å². The lowest BCUT2D eigenvalue weighted by atomic mass is 10.0. The van der Waals surface area contributed by atoms with E-state index < -0.39 is 36.5 Å². The van der Waals surface area contributed by atoms with Crippen molar-refractivity contribution in [2.75, 3.05) is 20.1 Å². The van der Waals surface area contributed by atoms with Gasteiger partial charge in [-0.05, 0) is 35.4 Å². The monoisotopic (exact) mass is 627 g/mol. The number of imidazole rings is 1. The van der Waals surface area contributed by atoms with Crippen molar-refractivity contribution in [2.24, 2.45) is 0 Å². The summed E-state index contributed by atoms with van der Waals surface area (Å²) in [7, 11) is 1.64. The fourth-order valence-corrected chi connectivity index (χ4v) is 4.54. The standard InChI is InChI=1S/C33H37N7O6/c1-40(16-14-25-9-5-6-15-35-25)32(44)29(17-23-10-12-27(41)13-11-23)38-30(42)20-36-31(43)28(18-26-19-34-22-37-26)39-33(45)46-21-24-7-3-2-4-8-24/h2-13,15,19,22,28-29,41H,14,16-18,20-21H2,1H3,(H,34,37)(H,36,43)(H,38,42)(H,39,45)/t28-,29-/m0/s1. The van der Waals surface area contributed by atoms with Gasteiger partial charge in [0.2, 0.25) is 17.7 Å². The molecule has 13 nitrogen and oxygen atoms in total. The number of phenols is 1. The summed E-state index contributed by atoms with van der Waals surface area (Å²) >= 11 is 0. The van der Waals surface area contributed by atoms with E-state index in [0.717, 1.165) is 16.8 Å². The number of ether oxygens (including phenoxy) is 1. The van der Waals surface area contributed by atoms with Crippen molar-refractivity contribution in [1.29, 1.82) is 0 Å². The van der Waals surface area contributed by atoms with Gasteiger partial charge in [0.1, 0.15) is 24.4 Å². The molecule has 2 atom stereocenters. The van der Waals surface area contributed by atoms with E-state index >= 15 is 0 Å². The molecule has 0 radical (unpaired) electrons. The third kappa shape index (κ3) is 10.8. The first-order valence-electron chi connectivity index (χ1n) is 14.7. The minimum absolute atomic E-state index is 0.0141. The molecule has 46 heavy (non-hydrogen) atoms. The van der Waals surface area contributed by atoms with Crippen LogP contribution in [0.2, 0.25) is 0 Å². The highest BCUT2D eigenvalue weighted by Gasteiger charge is 2.27. The molecule has 4 aromatic rings. The Balaban J connectivity index is 1.36. The normalized spacial score (nSPS) is 11.9. The summed E-state index contributed by atoms with van der Waals surface area (Å²) < 4.78 is 5.27. The Labute approximate surface area is 266 Å². The van der Waals surface area contributed by atoms with Crippen LogP contribution >= 0.6 is 0 Å². The molecule has 13 heteroatoms. The number of carbonyl (C=O) groups excluding carboxylic acids is 4. The second kappa shape index (κ2) is 16.9. The molecule has 4 rings (SSSR count). The molecule has 2 aromatic heterocycles. The number of aromatic amines is 1. The summed E-state index contributed by atoms with van der Waals surface area (Å²) in [6, 6.07) is 19.0. The molecule has 5 N–H and O–H groups in total. The van der Waals surface area contributed by atoms with E-state index in [1.54, 1.807) is 37.5 Å². The van der Waals surface area contributed by atoms with Gasteiger partial charge < -0.3 is 35.7 Å². The number of aromatic hydroxyl groups is 1. The van der Waals surface area contributed by atoms with Crippen molar-refractivity contribution >= 4 is 23.8 Å². The van der Waals surface area contributed by atoms with Crippen molar-refractivity contribution < 1.29 is 29.0 Å². The van der Waals surface area contributed by atoms with Crippen LogP contribution in [0.3, 0.4) is 0 Å².